The van der Waals surface area contributed by atoms with Gasteiger partial charge in [0, 0.05) is 22.6 Å². The van der Waals surface area contributed by atoms with Crippen LogP contribution in [0, 0.1) is 6.92 Å². The maximum Gasteiger partial charge on any atom is 0.245 e. The lowest BCUT2D eigenvalue weighted by molar-refractivity contribution is -0.114. The van der Waals surface area contributed by atoms with E-state index in [9.17, 15) is 13.6 Å². The second kappa shape index (κ2) is 9.86. The fraction of sp³-hybridized carbons (Fsp3) is 0.136. The number of nitrogens with one attached hydrogen (secondary N) is 1. The summed E-state index contributed by atoms with van der Waals surface area (Å²) in [6.45, 7) is 2.04. The summed E-state index contributed by atoms with van der Waals surface area (Å²) < 4.78 is 29.8. The van der Waals surface area contributed by atoms with Gasteiger partial charge in [-0.2, -0.15) is 0 Å². The van der Waals surface area contributed by atoms with E-state index in [1.165, 1.54) is 0 Å². The summed E-state index contributed by atoms with van der Waals surface area (Å²) in [7, 11) is 0. The van der Waals surface area contributed by atoms with Gasteiger partial charge in [-0.25, -0.2) is 0 Å². The molecule has 3 rings (SSSR count). The highest BCUT2D eigenvalue weighted by Crippen LogP contribution is 2.19. The maximum atomic E-state index is 12.3. The number of amides is 1. The third-order valence-corrected chi connectivity index (χ3v) is 4.88. The summed E-state index contributed by atoms with van der Waals surface area (Å²) in [6.07, 6.45) is 0. The van der Waals surface area contributed by atoms with Crippen molar-refractivity contribution in [3.05, 3.63) is 90.0 Å². The molecule has 0 aliphatic rings. The molecule has 0 saturated heterocycles. The van der Waals surface area contributed by atoms with Crippen LogP contribution in [0.5, 0.6) is 5.75 Å². The molecule has 1 N–H and O–H groups in total. The topological polar surface area (TPSA) is 81.7 Å². The average Bonchev–Trinajstić information content (AvgIpc) is 2.73. The molecule has 0 saturated carbocycles. The summed E-state index contributed by atoms with van der Waals surface area (Å²) in [5.41, 5.74) is 3.06. The maximum absolute atomic E-state index is 12.3. The van der Waals surface area contributed by atoms with Crippen molar-refractivity contribution in [3.8, 4) is 5.75 Å². The van der Waals surface area contributed by atoms with Crippen molar-refractivity contribution in [3.63, 3.8) is 0 Å². The highest BCUT2D eigenvalue weighted by molar-refractivity contribution is 7.80. The van der Waals surface area contributed by atoms with E-state index in [1.807, 2.05) is 37.3 Å². The van der Waals surface area contributed by atoms with Gasteiger partial charge in [0.1, 0.15) is 18.9 Å². The van der Waals surface area contributed by atoms with Gasteiger partial charge in [-0.05, 0) is 48.9 Å². The number of anilines is 2. The number of hydrogen-bond acceptors (Lipinski definition) is 4. The molecule has 1 atom stereocenters. The van der Waals surface area contributed by atoms with Crippen LogP contribution >= 0.6 is 0 Å². The minimum Gasteiger partial charge on any atom is -0.755 e. The highest BCUT2D eigenvalue weighted by Gasteiger charge is 2.13. The van der Waals surface area contributed by atoms with Crippen LogP contribution in [-0.4, -0.2) is 21.2 Å². The molecular formula is C22H21N2O4S-. The van der Waals surface area contributed by atoms with Gasteiger partial charge in [0.25, 0.3) is 0 Å². The molecule has 0 fully saturated rings. The molecule has 29 heavy (non-hydrogen) atoms. The lowest BCUT2D eigenvalue weighted by Crippen LogP contribution is -2.34. The minimum atomic E-state index is -2.56. The number of nitrogens with zero attached hydrogens (tertiary/aromatic N) is 1. The smallest absolute Gasteiger partial charge is 0.245 e. The average molecular weight is 409 g/mol. The standard InChI is InChI=1S/C22H22N2O4S/c1-17-7-11-20(12-8-17)24(29(26)27)15-22(25)23-19-9-13-21(14-10-19)28-16-18-5-3-2-4-6-18/h2-14H,15-16H2,1H3,(H,23,25)(H,26,27)/p-1. The lowest BCUT2D eigenvalue weighted by Gasteiger charge is -2.25. The van der Waals surface area contributed by atoms with Gasteiger partial charge in [0.15, 0.2) is 0 Å². The van der Waals surface area contributed by atoms with E-state index in [2.05, 4.69) is 5.32 Å². The van der Waals surface area contributed by atoms with Crippen LogP contribution in [0.15, 0.2) is 78.9 Å². The number of benzene rings is 3. The molecule has 3 aromatic rings. The first-order valence-electron chi connectivity index (χ1n) is 9.01. The first-order valence-corrected chi connectivity index (χ1v) is 10.0. The SMILES string of the molecule is Cc1ccc(N(CC(=O)Nc2ccc(OCc3ccccc3)cc2)S(=O)[O-])cc1. The number of rotatable bonds is 8. The minimum absolute atomic E-state index is 0.314. The predicted octanol–water partition coefficient (Wildman–Crippen LogP) is 3.81. The number of carbonyl (C=O) groups is 1. The Morgan fingerprint density at radius 3 is 2.28 bits per heavy atom. The Labute approximate surface area is 172 Å². The molecule has 7 heteroatoms. The molecule has 0 aromatic heterocycles. The van der Waals surface area contributed by atoms with Crippen LogP contribution in [0.3, 0.4) is 0 Å². The molecule has 3 aromatic carbocycles. The molecule has 0 aliphatic carbocycles. The van der Waals surface area contributed by atoms with Gasteiger partial charge < -0.3 is 14.6 Å². The number of aryl methyl sites for hydroxylation is 1. The Morgan fingerprint density at radius 2 is 1.66 bits per heavy atom. The molecule has 6 nitrogen and oxygen atoms in total. The van der Waals surface area contributed by atoms with Crippen molar-refractivity contribution in [2.24, 2.45) is 0 Å². The molecule has 1 amide bonds. The zero-order chi connectivity index (χ0) is 20.6. The van der Waals surface area contributed by atoms with E-state index < -0.39 is 17.2 Å². The Kier molecular flexibility index (Phi) is 6.99. The highest BCUT2D eigenvalue weighted by atomic mass is 32.2. The van der Waals surface area contributed by atoms with Gasteiger partial charge in [0.2, 0.25) is 5.91 Å². The van der Waals surface area contributed by atoms with Gasteiger partial charge in [-0.1, -0.05) is 48.0 Å². The lowest BCUT2D eigenvalue weighted by atomic mass is 10.2. The van der Waals surface area contributed by atoms with Crippen LogP contribution in [0.2, 0.25) is 0 Å². The van der Waals surface area contributed by atoms with Crippen LogP contribution < -0.4 is 14.4 Å². The van der Waals surface area contributed by atoms with Gasteiger partial charge in [-0.3, -0.25) is 13.3 Å². The summed E-state index contributed by atoms with van der Waals surface area (Å²) >= 11 is -2.56. The summed E-state index contributed by atoms with van der Waals surface area (Å²) in [6, 6.07) is 23.6. The van der Waals surface area contributed by atoms with Gasteiger partial charge >= 0.3 is 0 Å². The molecule has 0 aliphatic heterocycles. The van der Waals surface area contributed by atoms with E-state index in [0.29, 0.717) is 23.7 Å². The second-order valence-corrected chi connectivity index (χ2v) is 7.31. The zero-order valence-electron chi connectivity index (χ0n) is 15.9. The van der Waals surface area contributed by atoms with Crippen molar-refractivity contribution >= 4 is 28.5 Å². The summed E-state index contributed by atoms with van der Waals surface area (Å²) in [5, 5.41) is 2.70. The normalized spacial score (nSPS) is 11.5. The zero-order valence-corrected chi connectivity index (χ0v) is 16.7. The fourth-order valence-electron chi connectivity index (χ4n) is 2.65. The molecule has 150 valence electrons. The third-order valence-electron chi connectivity index (χ3n) is 4.18. The van der Waals surface area contributed by atoms with Crippen molar-refractivity contribution in [2.45, 2.75) is 13.5 Å². The fourth-order valence-corrected chi connectivity index (χ4v) is 3.16. The number of ether oxygens (including phenoxy) is 1. The van der Waals surface area contributed by atoms with E-state index in [4.69, 9.17) is 4.74 Å². The Hall–Kier alpha value is -3.16. The molecule has 1 unspecified atom stereocenters. The largest absolute Gasteiger partial charge is 0.755 e. The molecule has 0 spiro atoms. The van der Waals surface area contributed by atoms with Crippen molar-refractivity contribution in [1.29, 1.82) is 0 Å². The van der Waals surface area contributed by atoms with Gasteiger partial charge in [-0.15, -0.1) is 0 Å². The van der Waals surface area contributed by atoms with Crippen molar-refractivity contribution in [2.75, 3.05) is 16.2 Å². The number of carbonyl (C=O) groups excluding carboxylic acids is 1. The Morgan fingerprint density at radius 1 is 1.00 bits per heavy atom. The first-order chi connectivity index (χ1) is 14.0. The van der Waals surface area contributed by atoms with Crippen LogP contribution in [0.1, 0.15) is 11.1 Å². The Bertz CT molecular complexity index is 960. The second-order valence-electron chi connectivity index (χ2n) is 6.44. The number of hydrogen-bond donors (Lipinski definition) is 1. The van der Waals surface area contributed by atoms with Crippen LogP contribution in [0.4, 0.5) is 11.4 Å². The summed E-state index contributed by atoms with van der Waals surface area (Å²) in [4.78, 5) is 12.3. The monoisotopic (exact) mass is 409 g/mol. The molecule has 0 bridgehead atoms. The molecule has 0 radical (unpaired) electrons. The molecule has 0 heterocycles. The van der Waals surface area contributed by atoms with E-state index >= 15 is 0 Å². The quantitative estimate of drug-likeness (QED) is 0.574. The van der Waals surface area contributed by atoms with Gasteiger partial charge in [0.05, 0.1) is 0 Å². The van der Waals surface area contributed by atoms with E-state index in [0.717, 1.165) is 15.4 Å². The van der Waals surface area contributed by atoms with E-state index in [-0.39, 0.29) is 6.54 Å². The predicted molar refractivity (Wildman–Crippen MR) is 113 cm³/mol. The summed E-state index contributed by atoms with van der Waals surface area (Å²) in [5.74, 6) is 0.238. The van der Waals surface area contributed by atoms with Crippen molar-refractivity contribution < 1.29 is 18.3 Å². The van der Waals surface area contributed by atoms with E-state index in [1.54, 1.807) is 48.5 Å². The van der Waals surface area contributed by atoms with Crippen molar-refractivity contribution in [1.82, 2.24) is 0 Å². The van der Waals surface area contributed by atoms with Crippen LogP contribution in [-0.2, 0) is 22.7 Å². The Balaban J connectivity index is 1.56. The first kappa shape index (κ1) is 20.6. The third kappa shape index (κ3) is 6.17. The molecular weight excluding hydrogens is 388 g/mol. The van der Waals surface area contributed by atoms with Crippen LogP contribution in [0.25, 0.3) is 0 Å².